The summed E-state index contributed by atoms with van der Waals surface area (Å²) < 4.78 is 42.1. The van der Waals surface area contributed by atoms with Crippen LogP contribution in [-0.4, -0.2) is 57.1 Å². The van der Waals surface area contributed by atoms with Gasteiger partial charge in [-0.15, -0.1) is 11.3 Å². The zero-order valence-corrected chi connectivity index (χ0v) is 23.0. The maximum Gasteiger partial charge on any atom is 0.433 e. The van der Waals surface area contributed by atoms with E-state index < -0.39 is 11.9 Å². The molecule has 1 saturated carbocycles. The maximum absolute atomic E-state index is 13.9. The smallest absolute Gasteiger partial charge is 0.338 e. The summed E-state index contributed by atoms with van der Waals surface area (Å²) in [5.41, 5.74) is 5.43. The Morgan fingerprint density at radius 1 is 1.20 bits per heavy atom. The van der Waals surface area contributed by atoms with Gasteiger partial charge in [-0.3, -0.25) is 24.3 Å². The molecule has 3 fully saturated rings. The molecular formula is C28H28F3N5O3S. The molecule has 2 saturated heterocycles. The first-order chi connectivity index (χ1) is 18.8. The topological polar surface area (TPSA) is 109 Å². The van der Waals surface area contributed by atoms with Gasteiger partial charge in [-0.25, -0.2) is 4.98 Å². The number of likely N-dealkylation sites (tertiary alicyclic amines) is 2. The number of rotatable bonds is 5. The van der Waals surface area contributed by atoms with Crippen LogP contribution in [0.4, 0.5) is 13.2 Å². The molecule has 5 heterocycles. The van der Waals surface area contributed by atoms with Crippen LogP contribution in [0.25, 0.3) is 21.5 Å². The van der Waals surface area contributed by atoms with Crippen LogP contribution in [0.15, 0.2) is 24.4 Å². The number of fused-ring (bicyclic) bond motifs is 2. The summed E-state index contributed by atoms with van der Waals surface area (Å²) in [6.45, 7) is 6.69. The van der Waals surface area contributed by atoms with Crippen molar-refractivity contribution in [2.45, 2.75) is 39.9 Å². The van der Waals surface area contributed by atoms with Crippen molar-refractivity contribution < 1.29 is 27.6 Å². The summed E-state index contributed by atoms with van der Waals surface area (Å²) in [7, 11) is 0. The van der Waals surface area contributed by atoms with E-state index in [0.29, 0.717) is 40.3 Å². The molecule has 3 aromatic rings. The van der Waals surface area contributed by atoms with Gasteiger partial charge in [0.2, 0.25) is 11.8 Å². The molecule has 1 aliphatic carbocycles. The number of halogens is 3. The lowest BCUT2D eigenvalue weighted by Crippen LogP contribution is -2.35. The van der Waals surface area contributed by atoms with Gasteiger partial charge in [0.15, 0.2) is 0 Å². The second kappa shape index (κ2) is 9.07. The summed E-state index contributed by atoms with van der Waals surface area (Å²) >= 11 is 1.23. The van der Waals surface area contributed by atoms with Gasteiger partial charge >= 0.3 is 6.18 Å². The minimum absolute atomic E-state index is 0.0642. The summed E-state index contributed by atoms with van der Waals surface area (Å²) in [6.07, 6.45) is -2.52. The van der Waals surface area contributed by atoms with Crippen molar-refractivity contribution in [1.82, 2.24) is 19.8 Å². The number of aromatic nitrogens is 2. The number of hydrogen-bond acceptors (Lipinski definition) is 7. The molecule has 0 bridgehead atoms. The fourth-order valence-corrected chi connectivity index (χ4v) is 7.34. The Kier molecular flexibility index (Phi) is 6.08. The second-order valence-corrected chi connectivity index (χ2v) is 12.6. The van der Waals surface area contributed by atoms with Crippen LogP contribution < -0.4 is 5.73 Å². The fraction of sp³-hybridized carbons (Fsp3) is 0.464. The monoisotopic (exact) mass is 571 g/mol. The van der Waals surface area contributed by atoms with Crippen LogP contribution in [0.5, 0.6) is 0 Å². The number of carbonyl (C=O) groups excluding carboxylic acids is 3. The second-order valence-electron chi connectivity index (χ2n) is 11.5. The fourth-order valence-electron chi connectivity index (χ4n) is 6.22. The highest BCUT2D eigenvalue weighted by Gasteiger charge is 2.72. The summed E-state index contributed by atoms with van der Waals surface area (Å²) in [6, 6.07) is 4.19. The minimum atomic E-state index is -4.71. The third-order valence-electron chi connectivity index (χ3n) is 8.55. The molecule has 6 rings (SSSR count). The highest BCUT2D eigenvalue weighted by molar-refractivity contribution is 7.19. The van der Waals surface area contributed by atoms with Gasteiger partial charge in [-0.05, 0) is 55.0 Å². The number of nitrogens with zero attached hydrogens (tertiary/aromatic N) is 4. The van der Waals surface area contributed by atoms with Gasteiger partial charge in [0.05, 0.1) is 39.9 Å². The SMILES string of the molecule is Cc1cc(C(F)(F)F)nc(-c2ccnc3cc(CN4C(=O)C5C(C4=O)C5(C)C)sc23)c1C(=O)N1CCC(CN)C1. The molecule has 0 radical (unpaired) electrons. The molecule has 3 amide bonds. The number of pyridine rings is 2. The first kappa shape index (κ1) is 26.8. The molecule has 8 nitrogen and oxygen atoms in total. The van der Waals surface area contributed by atoms with Crippen molar-refractivity contribution in [2.75, 3.05) is 19.6 Å². The predicted octanol–water partition coefficient (Wildman–Crippen LogP) is 4.25. The van der Waals surface area contributed by atoms with Crippen molar-refractivity contribution in [2.24, 2.45) is 28.9 Å². The Morgan fingerprint density at radius 3 is 2.52 bits per heavy atom. The average Bonchev–Trinajstić information content (AvgIpc) is 3.32. The van der Waals surface area contributed by atoms with E-state index >= 15 is 0 Å². The largest absolute Gasteiger partial charge is 0.433 e. The van der Waals surface area contributed by atoms with Crippen LogP contribution in [0, 0.1) is 30.1 Å². The normalized spacial score (nSPS) is 23.8. The number of piperidine rings is 1. The first-order valence-electron chi connectivity index (χ1n) is 13.1. The minimum Gasteiger partial charge on any atom is -0.338 e. The quantitative estimate of drug-likeness (QED) is 0.459. The van der Waals surface area contributed by atoms with Gasteiger partial charge in [0.1, 0.15) is 5.69 Å². The maximum atomic E-state index is 13.9. The van der Waals surface area contributed by atoms with Crippen molar-refractivity contribution in [3.8, 4) is 11.3 Å². The number of alkyl halides is 3. The Morgan fingerprint density at radius 2 is 1.90 bits per heavy atom. The number of hydrogen-bond donors (Lipinski definition) is 1. The third-order valence-corrected chi connectivity index (χ3v) is 9.69. The standard InChI is InChI=1S/C28H28F3N5O3S/c1-13-8-18(28(29,30)31)34-22(19(13)24(37)35-7-5-14(10-32)11-35)16-4-6-33-17-9-15(40-23(16)17)12-36-25(38)20-21(26(36)39)27(20,2)3/h4,6,8-9,14,20-21H,5,7,10-12,32H2,1-3H3. The molecular weight excluding hydrogens is 543 g/mol. The number of nitrogens with two attached hydrogens (primary N) is 1. The summed E-state index contributed by atoms with van der Waals surface area (Å²) in [5.74, 6) is -1.27. The number of amides is 3. The van der Waals surface area contributed by atoms with E-state index in [-0.39, 0.29) is 64.3 Å². The van der Waals surface area contributed by atoms with E-state index in [0.717, 1.165) is 12.5 Å². The van der Waals surface area contributed by atoms with Crippen LogP contribution in [0.1, 0.15) is 46.8 Å². The number of aryl methyl sites for hydroxylation is 1. The lowest BCUT2D eigenvalue weighted by molar-refractivity contribution is -0.144. The molecule has 12 heteroatoms. The first-order valence-corrected chi connectivity index (χ1v) is 14.0. The van der Waals surface area contributed by atoms with Crippen molar-refractivity contribution in [1.29, 1.82) is 0 Å². The zero-order chi connectivity index (χ0) is 28.7. The van der Waals surface area contributed by atoms with E-state index in [9.17, 15) is 27.6 Å². The van der Waals surface area contributed by atoms with Crippen LogP contribution in [-0.2, 0) is 22.3 Å². The highest BCUT2D eigenvalue weighted by atomic mass is 32.1. The number of imide groups is 1. The van der Waals surface area contributed by atoms with E-state index in [1.54, 1.807) is 17.0 Å². The van der Waals surface area contributed by atoms with Gasteiger partial charge in [-0.2, -0.15) is 13.2 Å². The molecule has 3 atom stereocenters. The molecule has 3 unspecified atom stereocenters. The van der Waals surface area contributed by atoms with Crippen LogP contribution >= 0.6 is 11.3 Å². The molecule has 2 aliphatic heterocycles. The van der Waals surface area contributed by atoms with Crippen molar-refractivity contribution in [3.05, 3.63) is 46.1 Å². The summed E-state index contributed by atoms with van der Waals surface area (Å²) in [5, 5.41) is 0. The molecule has 2 N–H and O–H groups in total. The van der Waals surface area contributed by atoms with Gasteiger partial charge in [0, 0.05) is 29.7 Å². The molecule has 3 aromatic heterocycles. The highest BCUT2D eigenvalue weighted by Crippen LogP contribution is 2.63. The van der Waals surface area contributed by atoms with Crippen molar-refractivity contribution in [3.63, 3.8) is 0 Å². The van der Waals surface area contributed by atoms with Crippen LogP contribution in [0.3, 0.4) is 0 Å². The molecule has 210 valence electrons. The lowest BCUT2D eigenvalue weighted by Gasteiger charge is -2.21. The van der Waals surface area contributed by atoms with E-state index in [4.69, 9.17) is 5.73 Å². The van der Waals surface area contributed by atoms with Gasteiger partial charge in [-0.1, -0.05) is 13.8 Å². The van der Waals surface area contributed by atoms with E-state index in [2.05, 4.69) is 9.97 Å². The summed E-state index contributed by atoms with van der Waals surface area (Å²) in [4.78, 5) is 51.3. The lowest BCUT2D eigenvalue weighted by atomic mass is 9.99. The third kappa shape index (κ3) is 4.11. The Hall–Kier alpha value is -3.38. The zero-order valence-electron chi connectivity index (χ0n) is 22.2. The predicted molar refractivity (Wildman–Crippen MR) is 142 cm³/mol. The Bertz CT molecular complexity index is 1560. The van der Waals surface area contributed by atoms with E-state index in [1.165, 1.54) is 29.4 Å². The van der Waals surface area contributed by atoms with Gasteiger partial charge in [0.25, 0.3) is 5.91 Å². The molecule has 3 aliphatic rings. The van der Waals surface area contributed by atoms with E-state index in [1.807, 2.05) is 13.8 Å². The molecule has 0 aromatic carbocycles. The Balaban J connectivity index is 1.42. The van der Waals surface area contributed by atoms with Gasteiger partial charge < -0.3 is 10.6 Å². The van der Waals surface area contributed by atoms with Crippen LogP contribution in [0.2, 0.25) is 0 Å². The number of thiophene rings is 1. The number of carbonyl (C=O) groups is 3. The average molecular weight is 572 g/mol. The Labute approximate surface area is 232 Å². The van der Waals surface area contributed by atoms with Crippen molar-refractivity contribution >= 4 is 39.3 Å². The molecule has 0 spiro atoms. The molecule has 40 heavy (non-hydrogen) atoms.